The van der Waals surface area contributed by atoms with Gasteiger partial charge in [0.2, 0.25) is 0 Å². The molecule has 102 valence electrons. The molecule has 0 fully saturated rings. The smallest absolute Gasteiger partial charge is 0.330 e. The summed E-state index contributed by atoms with van der Waals surface area (Å²) in [6.07, 6.45) is 3.83. The molecule has 2 N–H and O–H groups in total. The van der Waals surface area contributed by atoms with Crippen LogP contribution in [0.4, 0.5) is 0 Å². The van der Waals surface area contributed by atoms with E-state index in [0.717, 1.165) is 6.42 Å². The third-order valence-corrected chi connectivity index (χ3v) is 2.94. The van der Waals surface area contributed by atoms with E-state index in [1.165, 1.54) is 17.0 Å². The van der Waals surface area contributed by atoms with Crippen molar-refractivity contribution in [1.29, 1.82) is 0 Å². The lowest BCUT2D eigenvalue weighted by atomic mass is 10.3. The first-order chi connectivity index (χ1) is 9.70. The van der Waals surface area contributed by atoms with Gasteiger partial charge in [0, 0.05) is 12.1 Å². The lowest BCUT2D eigenvalue weighted by Gasteiger charge is -2.02. The number of H-pyrrole nitrogens is 2. The van der Waals surface area contributed by atoms with Gasteiger partial charge in [-0.1, -0.05) is 6.92 Å². The molecular formula is C12H12N6O2. The van der Waals surface area contributed by atoms with Crippen molar-refractivity contribution in [1.82, 2.24) is 29.7 Å². The summed E-state index contributed by atoms with van der Waals surface area (Å²) >= 11 is 0. The van der Waals surface area contributed by atoms with Crippen molar-refractivity contribution in [2.75, 3.05) is 0 Å². The van der Waals surface area contributed by atoms with Crippen molar-refractivity contribution in [3.05, 3.63) is 39.3 Å². The monoisotopic (exact) mass is 272 g/mol. The molecule has 3 rings (SSSR count). The fourth-order valence-electron chi connectivity index (χ4n) is 2.04. The van der Waals surface area contributed by atoms with Crippen LogP contribution in [-0.4, -0.2) is 29.7 Å². The Morgan fingerprint density at radius 2 is 2.10 bits per heavy atom. The summed E-state index contributed by atoms with van der Waals surface area (Å²) in [6, 6.07) is 1.72. The molecule has 0 aliphatic carbocycles. The number of rotatable bonds is 3. The van der Waals surface area contributed by atoms with Crippen molar-refractivity contribution in [2.45, 2.75) is 19.9 Å². The molecule has 0 saturated carbocycles. The summed E-state index contributed by atoms with van der Waals surface area (Å²) in [5.74, 6) is 0.482. The highest BCUT2D eigenvalue weighted by Crippen LogP contribution is 2.16. The van der Waals surface area contributed by atoms with E-state index in [1.54, 1.807) is 6.07 Å². The first kappa shape index (κ1) is 12.3. The standard InChI is InChI=1S/C12H12N6O2/c1-2-5-18-10-8(11(19)17-12(18)20)15-9(16-10)7-3-4-13-14-6-7/h3-4,6H,2,5H2,1H3,(H,15,16)(H,17,19,20). The number of imidazole rings is 1. The summed E-state index contributed by atoms with van der Waals surface area (Å²) in [4.78, 5) is 33.2. The van der Waals surface area contributed by atoms with Crippen molar-refractivity contribution in [3.63, 3.8) is 0 Å². The largest absolute Gasteiger partial charge is 0.332 e. The molecule has 0 atom stereocenters. The number of aryl methyl sites for hydroxylation is 1. The number of fused-ring (bicyclic) bond motifs is 1. The van der Waals surface area contributed by atoms with E-state index in [4.69, 9.17) is 0 Å². The number of aromatic nitrogens is 6. The average Bonchev–Trinajstić information content (AvgIpc) is 2.90. The topological polar surface area (TPSA) is 109 Å². The van der Waals surface area contributed by atoms with Crippen LogP contribution in [0.15, 0.2) is 28.0 Å². The molecule has 3 aromatic rings. The molecule has 3 heterocycles. The minimum atomic E-state index is -0.474. The van der Waals surface area contributed by atoms with E-state index in [-0.39, 0.29) is 5.52 Å². The highest BCUT2D eigenvalue weighted by Gasteiger charge is 2.13. The first-order valence-electron chi connectivity index (χ1n) is 6.20. The van der Waals surface area contributed by atoms with Gasteiger partial charge < -0.3 is 4.98 Å². The van der Waals surface area contributed by atoms with Gasteiger partial charge in [-0.05, 0) is 12.5 Å². The van der Waals surface area contributed by atoms with E-state index in [9.17, 15) is 9.59 Å². The number of nitrogens with one attached hydrogen (secondary N) is 2. The zero-order valence-corrected chi connectivity index (χ0v) is 10.8. The first-order valence-corrected chi connectivity index (χ1v) is 6.20. The lowest BCUT2D eigenvalue weighted by molar-refractivity contribution is 0.653. The molecule has 0 radical (unpaired) electrons. The van der Waals surface area contributed by atoms with Gasteiger partial charge in [-0.25, -0.2) is 9.78 Å². The number of hydrogen-bond donors (Lipinski definition) is 2. The fraction of sp³-hybridized carbons (Fsp3) is 0.250. The van der Waals surface area contributed by atoms with Crippen LogP contribution in [-0.2, 0) is 6.54 Å². The Labute approximate surface area is 112 Å². The Balaban J connectivity index is 2.30. The van der Waals surface area contributed by atoms with Crippen LogP contribution in [0.25, 0.3) is 22.6 Å². The normalized spacial score (nSPS) is 11.1. The third-order valence-electron chi connectivity index (χ3n) is 2.94. The predicted molar refractivity (Wildman–Crippen MR) is 72.3 cm³/mol. The van der Waals surface area contributed by atoms with Crippen LogP contribution in [0.1, 0.15) is 13.3 Å². The second kappa shape index (κ2) is 4.72. The average molecular weight is 272 g/mol. The molecular weight excluding hydrogens is 260 g/mol. The Bertz CT molecular complexity index is 861. The molecule has 0 aliphatic rings. The molecule has 8 nitrogen and oxygen atoms in total. The minimum Gasteiger partial charge on any atom is -0.332 e. The van der Waals surface area contributed by atoms with Crippen LogP contribution < -0.4 is 11.2 Å². The van der Waals surface area contributed by atoms with Crippen LogP contribution in [0, 0.1) is 0 Å². The predicted octanol–water partition coefficient (Wildman–Crippen LogP) is 0.280. The highest BCUT2D eigenvalue weighted by molar-refractivity contribution is 5.75. The van der Waals surface area contributed by atoms with Crippen LogP contribution in [0.5, 0.6) is 0 Å². The molecule has 0 spiro atoms. The van der Waals surface area contributed by atoms with E-state index in [1.807, 2.05) is 6.92 Å². The lowest BCUT2D eigenvalue weighted by Crippen LogP contribution is -2.30. The maximum absolute atomic E-state index is 11.8. The van der Waals surface area contributed by atoms with E-state index >= 15 is 0 Å². The van der Waals surface area contributed by atoms with Gasteiger partial charge >= 0.3 is 5.69 Å². The second-order valence-electron chi connectivity index (χ2n) is 4.33. The minimum absolute atomic E-state index is 0.282. The number of nitrogens with zero attached hydrogens (tertiary/aromatic N) is 4. The summed E-state index contributed by atoms with van der Waals surface area (Å²) in [7, 11) is 0. The summed E-state index contributed by atoms with van der Waals surface area (Å²) in [5, 5.41) is 7.45. The maximum Gasteiger partial charge on any atom is 0.330 e. The van der Waals surface area contributed by atoms with E-state index in [2.05, 4.69) is 25.1 Å². The summed E-state index contributed by atoms with van der Waals surface area (Å²) in [6.45, 7) is 2.44. The van der Waals surface area contributed by atoms with Crippen LogP contribution >= 0.6 is 0 Å². The second-order valence-corrected chi connectivity index (χ2v) is 4.33. The zero-order valence-electron chi connectivity index (χ0n) is 10.8. The SMILES string of the molecule is CCCn1c(=O)[nH]c(=O)c2[nH]c(-c3ccnnc3)nc21. The Kier molecular flexibility index (Phi) is 2.90. The molecule has 0 aliphatic heterocycles. The molecule has 0 aromatic carbocycles. The molecule has 8 heteroatoms. The van der Waals surface area contributed by atoms with Crippen LogP contribution in [0.3, 0.4) is 0 Å². The van der Waals surface area contributed by atoms with Crippen molar-refractivity contribution in [2.24, 2.45) is 0 Å². The third kappa shape index (κ3) is 1.91. The quantitative estimate of drug-likeness (QED) is 0.711. The van der Waals surface area contributed by atoms with Gasteiger partial charge in [0.25, 0.3) is 5.56 Å². The van der Waals surface area contributed by atoms with E-state index in [0.29, 0.717) is 23.6 Å². The van der Waals surface area contributed by atoms with E-state index < -0.39 is 11.2 Å². The van der Waals surface area contributed by atoms with Crippen LogP contribution in [0.2, 0.25) is 0 Å². The molecule has 3 aromatic heterocycles. The van der Waals surface area contributed by atoms with Crippen molar-refractivity contribution >= 4 is 11.2 Å². The van der Waals surface area contributed by atoms with Gasteiger partial charge in [-0.3, -0.25) is 14.3 Å². The molecule has 0 amide bonds. The maximum atomic E-state index is 11.8. The molecule has 0 bridgehead atoms. The van der Waals surface area contributed by atoms with Crippen molar-refractivity contribution in [3.8, 4) is 11.4 Å². The van der Waals surface area contributed by atoms with Gasteiger partial charge in [-0.2, -0.15) is 10.2 Å². The highest BCUT2D eigenvalue weighted by atomic mass is 16.2. The fourth-order valence-corrected chi connectivity index (χ4v) is 2.04. The Morgan fingerprint density at radius 3 is 2.80 bits per heavy atom. The van der Waals surface area contributed by atoms with Gasteiger partial charge in [0.15, 0.2) is 5.65 Å². The molecule has 0 saturated heterocycles. The van der Waals surface area contributed by atoms with Gasteiger partial charge in [0.1, 0.15) is 11.3 Å². The van der Waals surface area contributed by atoms with Gasteiger partial charge in [-0.15, -0.1) is 0 Å². The summed E-state index contributed by atoms with van der Waals surface area (Å²) < 4.78 is 1.45. The number of aromatic amines is 2. The molecule has 20 heavy (non-hydrogen) atoms. The Hall–Kier alpha value is -2.77. The van der Waals surface area contributed by atoms with Crippen molar-refractivity contribution < 1.29 is 0 Å². The Morgan fingerprint density at radius 1 is 1.25 bits per heavy atom. The summed E-state index contributed by atoms with van der Waals surface area (Å²) in [5.41, 5.74) is 0.414. The molecule has 0 unspecified atom stereocenters. The number of hydrogen-bond acceptors (Lipinski definition) is 5. The zero-order chi connectivity index (χ0) is 14.1. The van der Waals surface area contributed by atoms with Gasteiger partial charge in [0.05, 0.1) is 12.4 Å².